The summed E-state index contributed by atoms with van der Waals surface area (Å²) in [5.41, 5.74) is 16.6. The zero-order valence-corrected chi connectivity index (χ0v) is 60.3. The van der Waals surface area contributed by atoms with Crippen molar-refractivity contribution in [3.05, 3.63) is 0 Å². The Hall–Kier alpha value is -7.06. The van der Waals surface area contributed by atoms with Crippen molar-refractivity contribution in [1.29, 1.82) is 0 Å². The maximum absolute atomic E-state index is 14.3. The molecule has 1 aliphatic heterocycles. The van der Waals surface area contributed by atoms with Gasteiger partial charge in [-0.1, -0.05) is 68.2 Å². The SMILES string of the molecule is CC[C@H](C)[C@H](NC(=O)CNC(=O)[C@H](CC(C)C)NC(=O)[C@@H](NC(=O)CNC(=O)[C@@H](N)CCSC)[C@@H](C)O)C(=O)N[C@H](C(=O)N[C@@H](CS)C(=O)N1CCC[C@H]1C(=O)N[C@H](C(=O)N[C@@H](CS)C(=O)N[C@@H](CO)C(=O)N[C@@H](CCC(N)=O)C(=O)N[C@@H](CCCCN)C(=O)O)[C@@H](C)CC)C(C)C. The van der Waals surface area contributed by atoms with Crippen LogP contribution in [0.5, 0.6) is 0 Å². The molecule has 0 aromatic heterocycles. The molecule has 558 valence electrons. The van der Waals surface area contributed by atoms with E-state index in [9.17, 15) is 87.2 Å². The van der Waals surface area contributed by atoms with Gasteiger partial charge >= 0.3 is 5.97 Å². The summed E-state index contributed by atoms with van der Waals surface area (Å²) in [7, 11) is 0. The van der Waals surface area contributed by atoms with E-state index >= 15 is 0 Å². The van der Waals surface area contributed by atoms with Gasteiger partial charge in [0.25, 0.3) is 0 Å². The molecule has 0 radical (unpaired) electrons. The third-order valence-corrected chi connectivity index (χ3v) is 17.6. The highest BCUT2D eigenvalue weighted by molar-refractivity contribution is 7.98. The van der Waals surface area contributed by atoms with Crippen molar-refractivity contribution in [1.82, 2.24) is 68.7 Å². The predicted molar refractivity (Wildman–Crippen MR) is 370 cm³/mol. The lowest BCUT2D eigenvalue weighted by Gasteiger charge is -2.32. The molecule has 0 aromatic rings. The Balaban J connectivity index is 3.22. The first kappa shape index (κ1) is 89.0. The number of aliphatic carboxylic acids is 1. The first-order valence-corrected chi connectivity index (χ1v) is 35.6. The number of primary amides is 1. The number of carbonyl (C=O) groups excluding carboxylic acids is 14. The number of carboxylic acid groups (broad SMARTS) is 1. The summed E-state index contributed by atoms with van der Waals surface area (Å²) in [5, 5.41) is 60.0. The smallest absolute Gasteiger partial charge is 0.326 e. The van der Waals surface area contributed by atoms with Gasteiger partial charge in [-0.25, -0.2) is 4.79 Å². The fourth-order valence-electron chi connectivity index (χ4n) is 9.94. The van der Waals surface area contributed by atoms with E-state index in [0.29, 0.717) is 44.3 Å². The molecule has 1 fully saturated rings. The van der Waals surface area contributed by atoms with Crippen LogP contribution in [0.25, 0.3) is 0 Å². The van der Waals surface area contributed by atoms with Crippen molar-refractivity contribution in [2.45, 2.75) is 212 Å². The largest absolute Gasteiger partial charge is 0.480 e. The average Bonchev–Trinajstić information content (AvgIpc) is 1.59. The summed E-state index contributed by atoms with van der Waals surface area (Å²) >= 11 is 10.0. The Bertz CT molecular complexity index is 2700. The van der Waals surface area contributed by atoms with Crippen molar-refractivity contribution >= 4 is 126 Å². The van der Waals surface area contributed by atoms with Crippen LogP contribution in [0.2, 0.25) is 0 Å². The Morgan fingerprint density at radius 3 is 1.55 bits per heavy atom. The number of hydrogen-bond acceptors (Lipinski definition) is 22. The van der Waals surface area contributed by atoms with Gasteiger partial charge in [0.15, 0.2) is 0 Å². The number of thiol groups is 2. The summed E-state index contributed by atoms with van der Waals surface area (Å²) in [4.78, 5) is 202. The predicted octanol–water partition coefficient (Wildman–Crippen LogP) is -5.36. The van der Waals surface area contributed by atoms with Crippen LogP contribution in [0, 0.1) is 23.7 Å². The molecule has 0 spiro atoms. The van der Waals surface area contributed by atoms with Gasteiger partial charge < -0.3 is 101 Å². The van der Waals surface area contributed by atoms with Crippen LogP contribution in [0.3, 0.4) is 0 Å². The zero-order valence-electron chi connectivity index (χ0n) is 57.7. The molecule has 37 heteroatoms. The number of unbranched alkanes of at least 4 members (excludes halogenated alkanes) is 1. The maximum Gasteiger partial charge on any atom is 0.326 e. The molecule has 0 saturated carbocycles. The minimum absolute atomic E-state index is 0.00601. The van der Waals surface area contributed by atoms with Gasteiger partial charge in [0.05, 0.1) is 31.8 Å². The third kappa shape index (κ3) is 31.0. The lowest BCUT2D eigenvalue weighted by Crippen LogP contribution is -2.62. The fraction of sp³-hybridized carbons (Fsp3) is 0.754. The zero-order chi connectivity index (χ0) is 74.7. The van der Waals surface area contributed by atoms with Gasteiger partial charge in [-0.3, -0.25) is 67.1 Å². The molecule has 0 aliphatic carbocycles. The molecule has 0 unspecified atom stereocenters. The van der Waals surface area contributed by atoms with Gasteiger partial charge in [-0.15, -0.1) is 0 Å². The quantitative estimate of drug-likeness (QED) is 0.0200. The van der Waals surface area contributed by atoms with E-state index in [1.807, 2.05) is 6.26 Å². The molecule has 21 N–H and O–H groups in total. The minimum atomic E-state index is -1.76. The first-order valence-electron chi connectivity index (χ1n) is 32.9. The molecular formula is C61H108N16O18S3. The number of carbonyl (C=O) groups is 15. The molecular weight excluding hydrogens is 1340 g/mol. The van der Waals surface area contributed by atoms with Gasteiger partial charge in [0, 0.05) is 24.5 Å². The van der Waals surface area contributed by atoms with Crippen LogP contribution < -0.4 is 81.0 Å². The van der Waals surface area contributed by atoms with Crippen molar-refractivity contribution in [3.8, 4) is 0 Å². The summed E-state index contributed by atoms with van der Waals surface area (Å²) in [6.45, 7) is 12.8. The van der Waals surface area contributed by atoms with Gasteiger partial charge in [0.2, 0.25) is 82.7 Å². The summed E-state index contributed by atoms with van der Waals surface area (Å²) in [6.07, 6.45) is 1.90. The van der Waals surface area contributed by atoms with Crippen molar-refractivity contribution in [2.24, 2.45) is 40.9 Å². The number of amides is 14. The molecule has 1 aliphatic rings. The number of nitrogens with one attached hydrogen (secondary N) is 12. The van der Waals surface area contributed by atoms with E-state index in [1.54, 1.807) is 55.4 Å². The number of aliphatic hydroxyl groups is 2. The number of thioether (sulfide) groups is 1. The molecule has 98 heavy (non-hydrogen) atoms. The number of aliphatic hydroxyl groups excluding tert-OH is 2. The second-order valence-electron chi connectivity index (χ2n) is 25.0. The van der Waals surface area contributed by atoms with Crippen molar-refractivity contribution in [2.75, 3.05) is 56.3 Å². The maximum atomic E-state index is 14.3. The Morgan fingerprint density at radius 1 is 0.561 bits per heavy atom. The van der Waals surface area contributed by atoms with E-state index in [4.69, 9.17) is 17.2 Å². The number of carboxylic acids is 1. The van der Waals surface area contributed by atoms with E-state index in [2.05, 4.69) is 89.1 Å². The van der Waals surface area contributed by atoms with E-state index in [-0.39, 0.29) is 56.2 Å². The second-order valence-corrected chi connectivity index (χ2v) is 26.7. The van der Waals surface area contributed by atoms with Gasteiger partial charge in [-0.05, 0) is 101 Å². The lowest BCUT2D eigenvalue weighted by atomic mass is 9.96. The molecule has 34 nitrogen and oxygen atoms in total. The number of hydrogen-bond donors (Lipinski definition) is 20. The number of nitrogens with two attached hydrogens (primary N) is 3. The Morgan fingerprint density at radius 2 is 1.04 bits per heavy atom. The lowest BCUT2D eigenvalue weighted by molar-refractivity contribution is -0.142. The Labute approximate surface area is 587 Å². The van der Waals surface area contributed by atoms with Crippen LogP contribution in [0.1, 0.15) is 133 Å². The minimum Gasteiger partial charge on any atom is -0.480 e. The van der Waals surface area contributed by atoms with Gasteiger partial charge in [-0.2, -0.15) is 37.0 Å². The molecule has 0 aromatic carbocycles. The molecule has 0 bridgehead atoms. The molecule has 1 rings (SSSR count). The monoisotopic (exact) mass is 1450 g/mol. The van der Waals surface area contributed by atoms with E-state index in [0.717, 1.165) is 0 Å². The highest BCUT2D eigenvalue weighted by Crippen LogP contribution is 2.21. The van der Waals surface area contributed by atoms with Crippen molar-refractivity contribution in [3.63, 3.8) is 0 Å². The van der Waals surface area contributed by atoms with Gasteiger partial charge in [0.1, 0.15) is 66.5 Å². The van der Waals surface area contributed by atoms with Crippen LogP contribution in [0.4, 0.5) is 0 Å². The first-order chi connectivity index (χ1) is 46.1. The third-order valence-electron chi connectivity index (χ3n) is 16.2. The topological polar surface area (TPSA) is 542 Å². The van der Waals surface area contributed by atoms with E-state index < -0.39 is 211 Å². The second kappa shape index (κ2) is 46.3. The standard InChI is InChI=1S/C61H108N16O18S3/c1-11-32(7)47(73-44(81)26-66-51(84)38(24-30(3)4)69-59(92)49(34(9)79)74-45(82)25-65-50(83)35(63)20-23-98-10)58(91)75-46(31(5)6)56(89)72-41(29-97)60(93)77-22-15-17-42(77)55(88)76-48(33(8)12-2)57(90)71-40(28-96)54(87)70-39(27-78)53(86)67-36(18-19-43(64)80)52(85)68-37(61(94)95)16-13-14-21-62/h30-42,46-49,78-79,96-97H,11-29,62-63H2,1-10H3,(H2,64,80)(H,65,83)(H,66,84)(H,67,86)(H,68,85)(H,69,92)(H,70,87)(H,71,90)(H,72,89)(H,73,81)(H,74,82)(H,75,91)(H,76,88)(H,94,95)/t32-,33-,34+,35-,36-,37-,38-,39-,40-,41-,42-,46-,47-,48-,49-/m0/s1. The van der Waals surface area contributed by atoms with Crippen LogP contribution in [-0.4, -0.2) is 244 Å². The van der Waals surface area contributed by atoms with Crippen molar-refractivity contribution < 1.29 is 87.2 Å². The molecule has 1 heterocycles. The fourth-order valence-corrected chi connectivity index (χ4v) is 10.9. The average molecular weight is 1450 g/mol. The molecule has 15 atom stereocenters. The highest BCUT2D eigenvalue weighted by atomic mass is 32.2. The van der Waals surface area contributed by atoms with Crippen LogP contribution >= 0.6 is 37.0 Å². The summed E-state index contributed by atoms with van der Waals surface area (Å²) in [5.74, 6) is -15.3. The Kier molecular flexibility index (Phi) is 42.0. The summed E-state index contributed by atoms with van der Waals surface area (Å²) in [6, 6.07) is -16.4. The number of nitrogens with zero attached hydrogens (tertiary/aromatic N) is 1. The molecule has 14 amide bonds. The normalized spacial score (nSPS) is 17.1. The van der Waals surface area contributed by atoms with E-state index in [1.165, 1.54) is 23.6 Å². The van der Waals surface area contributed by atoms with Crippen LogP contribution in [-0.2, 0) is 71.9 Å². The molecule has 1 saturated heterocycles. The number of rotatable bonds is 47. The summed E-state index contributed by atoms with van der Waals surface area (Å²) < 4.78 is 0. The highest BCUT2D eigenvalue weighted by Gasteiger charge is 2.42. The van der Waals surface area contributed by atoms with Crippen LogP contribution in [0.15, 0.2) is 0 Å². The number of likely N-dealkylation sites (tertiary alicyclic amines) is 1.